The summed E-state index contributed by atoms with van der Waals surface area (Å²) in [5, 5.41) is 3.46. The third-order valence-electron chi connectivity index (χ3n) is 10.9. The molecule has 5 aliphatic rings. The van der Waals surface area contributed by atoms with E-state index < -0.39 is 11.9 Å². The van der Waals surface area contributed by atoms with Crippen molar-refractivity contribution in [2.75, 3.05) is 51.3 Å². The number of aromatic nitrogens is 1. The quantitative estimate of drug-likeness (QED) is 0.362. The van der Waals surface area contributed by atoms with Crippen molar-refractivity contribution in [3.63, 3.8) is 0 Å². The molecule has 2 aromatic carbocycles. The molecule has 0 radical (unpaired) electrons. The van der Waals surface area contributed by atoms with Crippen LogP contribution in [0.4, 0.5) is 5.82 Å². The standard InChI is InChI=1S/C37H42N6O6/c1-23(44)43-14-13-41(22-37(43)11-12-37)33-9-4-25-15-24(3-7-30(25)38-33)17-40-18-27(21-48-2)32(20-40)49-28-5-6-29-26(16-28)19-42(36(29)47)31-8-10-34(45)39-35(31)46/h3-7,9,15-16,27,31-32H,8,10-14,17-22H2,1-2H3,(H,39,45,46)/t27-,31-,32+/m0/s1. The maximum absolute atomic E-state index is 13.1. The minimum Gasteiger partial charge on any atom is -0.489 e. The second-order valence-corrected chi connectivity index (χ2v) is 14.3. The summed E-state index contributed by atoms with van der Waals surface area (Å²) in [7, 11) is 1.71. The molecule has 3 atom stereocenters. The van der Waals surface area contributed by atoms with E-state index in [4.69, 9.17) is 14.5 Å². The molecule has 8 rings (SSSR count). The van der Waals surface area contributed by atoms with Crippen molar-refractivity contribution in [1.29, 1.82) is 0 Å². The van der Waals surface area contributed by atoms with Crippen molar-refractivity contribution >= 4 is 40.3 Å². The topological polar surface area (TPSA) is 125 Å². The van der Waals surface area contributed by atoms with Crippen molar-refractivity contribution < 1.29 is 28.7 Å². The molecule has 0 bridgehead atoms. The Balaban J connectivity index is 0.916. The Hall–Kier alpha value is -4.55. The molecule has 3 aromatic rings. The van der Waals surface area contributed by atoms with Crippen LogP contribution in [0.3, 0.4) is 0 Å². The second kappa shape index (κ2) is 12.4. The van der Waals surface area contributed by atoms with Crippen LogP contribution in [0.25, 0.3) is 10.9 Å². The van der Waals surface area contributed by atoms with E-state index in [2.05, 4.69) is 50.3 Å². The third-order valence-corrected chi connectivity index (χ3v) is 10.9. The summed E-state index contributed by atoms with van der Waals surface area (Å²) in [6.45, 7) is 7.27. The molecule has 49 heavy (non-hydrogen) atoms. The van der Waals surface area contributed by atoms with Crippen LogP contribution in [0, 0.1) is 5.92 Å². The smallest absolute Gasteiger partial charge is 0.255 e. The second-order valence-electron chi connectivity index (χ2n) is 14.3. The molecule has 12 nitrogen and oxygen atoms in total. The molecule has 256 valence electrons. The third kappa shape index (κ3) is 6.01. The number of ether oxygens (including phenoxy) is 2. The van der Waals surface area contributed by atoms with E-state index in [0.717, 1.165) is 74.4 Å². The van der Waals surface area contributed by atoms with Gasteiger partial charge in [-0.3, -0.25) is 29.4 Å². The van der Waals surface area contributed by atoms with Gasteiger partial charge in [0.25, 0.3) is 5.91 Å². The Morgan fingerprint density at radius 3 is 2.67 bits per heavy atom. The van der Waals surface area contributed by atoms with E-state index in [0.29, 0.717) is 30.9 Å². The zero-order valence-electron chi connectivity index (χ0n) is 28.0. The van der Waals surface area contributed by atoms with Gasteiger partial charge in [-0.2, -0.15) is 0 Å². The molecule has 1 spiro atoms. The molecular weight excluding hydrogens is 624 g/mol. The highest BCUT2D eigenvalue weighted by Crippen LogP contribution is 2.45. The number of carbonyl (C=O) groups is 4. The lowest BCUT2D eigenvalue weighted by Crippen LogP contribution is -2.56. The summed E-state index contributed by atoms with van der Waals surface area (Å²) in [4.78, 5) is 62.7. The SMILES string of the molecule is COC[C@@H]1CN(Cc2ccc3nc(N4CCN(C(C)=O)C5(CC5)C4)ccc3c2)C[C@H]1Oc1ccc2c(c1)CN([C@H]1CCC(=O)NC1=O)C2=O. The van der Waals surface area contributed by atoms with Gasteiger partial charge in [-0.1, -0.05) is 6.07 Å². The number of fused-ring (bicyclic) bond motifs is 2. The summed E-state index contributed by atoms with van der Waals surface area (Å²) >= 11 is 0. The first-order valence-electron chi connectivity index (χ1n) is 17.3. The number of anilines is 1. The zero-order chi connectivity index (χ0) is 33.9. The minimum atomic E-state index is -0.644. The molecule has 1 aliphatic carbocycles. The number of imide groups is 1. The van der Waals surface area contributed by atoms with Gasteiger partial charge in [-0.05, 0) is 72.9 Å². The first kappa shape index (κ1) is 31.7. The average molecular weight is 667 g/mol. The lowest BCUT2D eigenvalue weighted by Gasteiger charge is -2.42. The molecule has 5 heterocycles. The van der Waals surface area contributed by atoms with Crippen LogP contribution in [0.15, 0.2) is 48.5 Å². The average Bonchev–Trinajstić information content (AvgIpc) is 3.62. The summed E-state index contributed by atoms with van der Waals surface area (Å²) in [6, 6.07) is 15.6. The molecule has 4 aliphatic heterocycles. The monoisotopic (exact) mass is 666 g/mol. The number of hydrogen-bond donors (Lipinski definition) is 1. The van der Waals surface area contributed by atoms with Gasteiger partial charge < -0.3 is 24.2 Å². The molecule has 3 saturated heterocycles. The first-order chi connectivity index (χ1) is 23.7. The maximum atomic E-state index is 13.1. The molecule has 1 N–H and O–H groups in total. The number of methoxy groups -OCH3 is 1. The fraction of sp³-hybridized carbons (Fsp3) is 0.486. The maximum Gasteiger partial charge on any atom is 0.255 e. The zero-order valence-corrected chi connectivity index (χ0v) is 28.0. The predicted octanol–water partition coefficient (Wildman–Crippen LogP) is 2.72. The number of nitrogens with zero attached hydrogens (tertiary/aromatic N) is 5. The van der Waals surface area contributed by atoms with Crippen LogP contribution in [-0.2, 0) is 32.2 Å². The molecular formula is C37H42N6O6. The lowest BCUT2D eigenvalue weighted by atomic mass is 10.0. The molecule has 0 unspecified atom stereocenters. The van der Waals surface area contributed by atoms with Crippen LogP contribution >= 0.6 is 0 Å². The highest BCUT2D eigenvalue weighted by atomic mass is 16.5. The van der Waals surface area contributed by atoms with Crippen LogP contribution in [-0.4, -0.2) is 107 Å². The Kier molecular flexibility index (Phi) is 8.02. The largest absolute Gasteiger partial charge is 0.489 e. The highest BCUT2D eigenvalue weighted by Gasteiger charge is 2.52. The summed E-state index contributed by atoms with van der Waals surface area (Å²) in [6.07, 6.45) is 2.59. The molecule has 1 aromatic heterocycles. The number of carbonyl (C=O) groups excluding carboxylic acids is 4. The molecule has 4 amide bonds. The van der Waals surface area contributed by atoms with E-state index in [9.17, 15) is 19.2 Å². The highest BCUT2D eigenvalue weighted by molar-refractivity contribution is 6.05. The number of benzene rings is 2. The van der Waals surface area contributed by atoms with Gasteiger partial charge in [-0.15, -0.1) is 0 Å². The van der Waals surface area contributed by atoms with E-state index in [1.54, 1.807) is 25.0 Å². The fourth-order valence-corrected chi connectivity index (χ4v) is 8.30. The van der Waals surface area contributed by atoms with Crippen LogP contribution in [0.2, 0.25) is 0 Å². The van der Waals surface area contributed by atoms with Crippen LogP contribution < -0.4 is 15.0 Å². The Morgan fingerprint density at radius 2 is 1.90 bits per heavy atom. The Morgan fingerprint density at radius 1 is 1.04 bits per heavy atom. The predicted molar refractivity (Wildman–Crippen MR) is 181 cm³/mol. The van der Waals surface area contributed by atoms with E-state index in [1.807, 2.05) is 12.1 Å². The van der Waals surface area contributed by atoms with Gasteiger partial charge >= 0.3 is 0 Å². The fourth-order valence-electron chi connectivity index (χ4n) is 8.30. The van der Waals surface area contributed by atoms with E-state index in [-0.39, 0.29) is 41.7 Å². The summed E-state index contributed by atoms with van der Waals surface area (Å²) in [5.74, 6) is 1.09. The Bertz CT molecular complexity index is 1840. The van der Waals surface area contributed by atoms with Gasteiger partial charge in [0.05, 0.1) is 17.7 Å². The van der Waals surface area contributed by atoms with Gasteiger partial charge in [-0.25, -0.2) is 4.98 Å². The molecule has 12 heteroatoms. The number of hydrogen-bond acceptors (Lipinski definition) is 9. The first-order valence-corrected chi connectivity index (χ1v) is 17.3. The summed E-state index contributed by atoms with van der Waals surface area (Å²) in [5.41, 5.74) is 3.55. The minimum absolute atomic E-state index is 0.0128. The van der Waals surface area contributed by atoms with Crippen molar-refractivity contribution in [2.45, 2.75) is 63.4 Å². The summed E-state index contributed by atoms with van der Waals surface area (Å²) < 4.78 is 12.1. The number of amides is 4. The lowest BCUT2D eigenvalue weighted by molar-refractivity contribution is -0.137. The number of likely N-dealkylation sites (tertiary alicyclic amines) is 1. The van der Waals surface area contributed by atoms with E-state index in [1.165, 1.54) is 5.56 Å². The van der Waals surface area contributed by atoms with Gasteiger partial charge in [0.1, 0.15) is 23.7 Å². The number of rotatable bonds is 8. The van der Waals surface area contributed by atoms with E-state index >= 15 is 0 Å². The number of piperazine rings is 1. The molecule has 4 fully saturated rings. The number of piperidine rings is 1. The normalized spacial score (nSPS) is 24.9. The number of nitrogens with one attached hydrogen (secondary N) is 1. The van der Waals surface area contributed by atoms with Crippen molar-refractivity contribution in [2.24, 2.45) is 5.92 Å². The molecule has 1 saturated carbocycles. The van der Waals surface area contributed by atoms with Gasteiger partial charge in [0.15, 0.2) is 0 Å². The van der Waals surface area contributed by atoms with Crippen LogP contribution in [0.5, 0.6) is 5.75 Å². The number of pyridine rings is 1. The Labute approximate surface area is 285 Å². The van der Waals surface area contributed by atoms with Crippen molar-refractivity contribution in [3.05, 3.63) is 65.2 Å². The van der Waals surface area contributed by atoms with Crippen LogP contribution in [0.1, 0.15) is 54.1 Å². The van der Waals surface area contributed by atoms with Crippen molar-refractivity contribution in [1.82, 2.24) is 25.0 Å². The van der Waals surface area contributed by atoms with Crippen molar-refractivity contribution in [3.8, 4) is 5.75 Å². The van der Waals surface area contributed by atoms with Gasteiger partial charge in [0.2, 0.25) is 17.7 Å². The van der Waals surface area contributed by atoms with Gasteiger partial charge in [0, 0.05) is 83.1 Å².